The Bertz CT molecular complexity index is 1350. The predicted octanol–water partition coefficient (Wildman–Crippen LogP) is 5.97. The highest BCUT2D eigenvalue weighted by Gasteiger charge is 2.15. The van der Waals surface area contributed by atoms with Crippen LogP contribution in [0.25, 0.3) is 0 Å². The summed E-state index contributed by atoms with van der Waals surface area (Å²) in [6.07, 6.45) is 1.41. The number of hydrogen-bond acceptors (Lipinski definition) is 5. The van der Waals surface area contributed by atoms with Gasteiger partial charge in [0.1, 0.15) is 5.75 Å². The van der Waals surface area contributed by atoms with E-state index in [1.807, 2.05) is 6.92 Å². The molecular weight excluding hydrogens is 456 g/mol. The van der Waals surface area contributed by atoms with Crippen LogP contribution in [-0.2, 0) is 0 Å². The maximum atomic E-state index is 12.6. The summed E-state index contributed by atoms with van der Waals surface area (Å²) in [5.74, 6) is -0.912. The fraction of sp³-hybridized carbons (Fsp3) is 0.0385. The fourth-order valence-electron chi connectivity index (χ4n) is 3.09. The Morgan fingerprint density at radius 2 is 1.62 bits per heavy atom. The van der Waals surface area contributed by atoms with Crippen LogP contribution < -0.4 is 15.4 Å². The van der Waals surface area contributed by atoms with Gasteiger partial charge in [-0.2, -0.15) is 0 Å². The average molecular weight is 475 g/mol. The van der Waals surface area contributed by atoms with E-state index in [1.165, 1.54) is 12.3 Å². The van der Waals surface area contributed by atoms with Crippen LogP contribution in [0.4, 0.5) is 11.4 Å². The molecule has 0 spiro atoms. The van der Waals surface area contributed by atoms with Crippen LogP contribution in [0.1, 0.15) is 36.8 Å². The first-order valence-corrected chi connectivity index (χ1v) is 10.6. The Balaban J connectivity index is 1.41. The van der Waals surface area contributed by atoms with Crippen LogP contribution in [0, 0.1) is 6.92 Å². The van der Waals surface area contributed by atoms with E-state index >= 15 is 0 Å². The zero-order chi connectivity index (χ0) is 24.1. The van der Waals surface area contributed by atoms with Crippen LogP contribution in [-0.4, -0.2) is 17.8 Å². The third kappa shape index (κ3) is 5.33. The number of ether oxygens (including phenoxy) is 1. The molecular formula is C26H19ClN2O5. The molecule has 7 nitrogen and oxygen atoms in total. The van der Waals surface area contributed by atoms with Gasteiger partial charge in [-0.3, -0.25) is 9.59 Å². The number of esters is 1. The van der Waals surface area contributed by atoms with Crippen molar-refractivity contribution in [3.63, 3.8) is 0 Å². The summed E-state index contributed by atoms with van der Waals surface area (Å²) < 4.78 is 10.5. The van der Waals surface area contributed by atoms with Crippen molar-refractivity contribution in [2.24, 2.45) is 0 Å². The third-order valence-corrected chi connectivity index (χ3v) is 5.24. The van der Waals surface area contributed by atoms with Crippen LogP contribution in [0.15, 0.2) is 89.5 Å². The molecule has 0 fully saturated rings. The molecule has 0 aliphatic rings. The standard InChI is InChI=1S/C26H19ClN2O5/c1-16-8-9-17(15-22(16)29-25(31)23-7-4-14-33-23)26(32)34-19-12-10-18(11-13-19)28-24(30)20-5-2-3-6-21(20)27/h2-15H,1H3,(H,28,30)(H,29,31). The Kier molecular flexibility index (Phi) is 6.75. The molecule has 0 bridgehead atoms. The van der Waals surface area contributed by atoms with E-state index in [0.29, 0.717) is 27.7 Å². The largest absolute Gasteiger partial charge is 0.459 e. The molecule has 0 aliphatic carbocycles. The minimum Gasteiger partial charge on any atom is -0.459 e. The van der Waals surface area contributed by atoms with Crippen molar-refractivity contribution in [3.05, 3.63) is 113 Å². The molecule has 2 amide bonds. The lowest BCUT2D eigenvalue weighted by Gasteiger charge is -2.11. The number of amides is 2. The Hall–Kier alpha value is -4.36. The first kappa shape index (κ1) is 22.8. The monoisotopic (exact) mass is 474 g/mol. The SMILES string of the molecule is Cc1ccc(C(=O)Oc2ccc(NC(=O)c3ccccc3Cl)cc2)cc1NC(=O)c1ccco1. The lowest BCUT2D eigenvalue weighted by Crippen LogP contribution is -2.14. The molecule has 0 unspecified atom stereocenters. The lowest BCUT2D eigenvalue weighted by molar-refractivity contribution is 0.0734. The van der Waals surface area contributed by atoms with E-state index in [2.05, 4.69) is 10.6 Å². The van der Waals surface area contributed by atoms with Gasteiger partial charge in [-0.1, -0.05) is 29.8 Å². The number of rotatable bonds is 6. The number of nitrogens with one attached hydrogen (secondary N) is 2. The smallest absolute Gasteiger partial charge is 0.343 e. The summed E-state index contributed by atoms with van der Waals surface area (Å²) in [5, 5.41) is 5.82. The minimum absolute atomic E-state index is 0.161. The van der Waals surface area contributed by atoms with E-state index in [1.54, 1.807) is 72.8 Å². The second kappa shape index (κ2) is 10.1. The molecule has 2 N–H and O–H groups in total. The van der Waals surface area contributed by atoms with Gasteiger partial charge in [-0.05, 0) is 73.2 Å². The highest BCUT2D eigenvalue weighted by atomic mass is 35.5. The van der Waals surface area contributed by atoms with Gasteiger partial charge < -0.3 is 19.8 Å². The average Bonchev–Trinajstić information content (AvgIpc) is 3.37. The van der Waals surface area contributed by atoms with Gasteiger partial charge in [0.15, 0.2) is 5.76 Å². The zero-order valence-electron chi connectivity index (χ0n) is 18.0. The fourth-order valence-corrected chi connectivity index (χ4v) is 3.31. The molecule has 0 aliphatic heterocycles. The number of carbonyl (C=O) groups is 3. The summed E-state index contributed by atoms with van der Waals surface area (Å²) in [6, 6.07) is 21.1. The molecule has 8 heteroatoms. The Labute approximate surface area is 200 Å². The molecule has 0 radical (unpaired) electrons. The van der Waals surface area contributed by atoms with E-state index in [0.717, 1.165) is 5.56 Å². The van der Waals surface area contributed by atoms with Crippen molar-refractivity contribution in [2.75, 3.05) is 10.6 Å². The van der Waals surface area contributed by atoms with E-state index < -0.39 is 11.9 Å². The molecule has 0 saturated carbocycles. The number of benzene rings is 3. The van der Waals surface area contributed by atoms with Crippen molar-refractivity contribution in [2.45, 2.75) is 6.92 Å². The van der Waals surface area contributed by atoms with E-state index in [-0.39, 0.29) is 17.2 Å². The van der Waals surface area contributed by atoms with Gasteiger partial charge in [0, 0.05) is 11.4 Å². The molecule has 1 heterocycles. The maximum Gasteiger partial charge on any atom is 0.343 e. The molecule has 3 aromatic carbocycles. The molecule has 34 heavy (non-hydrogen) atoms. The summed E-state index contributed by atoms with van der Waals surface area (Å²) in [6.45, 7) is 1.81. The van der Waals surface area contributed by atoms with Crippen LogP contribution in [0.3, 0.4) is 0 Å². The van der Waals surface area contributed by atoms with Gasteiger partial charge in [0.25, 0.3) is 11.8 Å². The first-order valence-electron chi connectivity index (χ1n) is 10.2. The Morgan fingerprint density at radius 1 is 0.853 bits per heavy atom. The highest BCUT2D eigenvalue weighted by molar-refractivity contribution is 6.34. The highest BCUT2D eigenvalue weighted by Crippen LogP contribution is 2.22. The summed E-state index contributed by atoms with van der Waals surface area (Å²) >= 11 is 6.05. The number of aryl methyl sites for hydroxylation is 1. The number of furan rings is 1. The second-order valence-corrected chi connectivity index (χ2v) is 7.72. The lowest BCUT2D eigenvalue weighted by atomic mass is 10.1. The molecule has 0 saturated heterocycles. The second-order valence-electron chi connectivity index (χ2n) is 7.31. The van der Waals surface area contributed by atoms with E-state index in [4.69, 9.17) is 20.8 Å². The first-order chi connectivity index (χ1) is 16.4. The number of hydrogen-bond donors (Lipinski definition) is 2. The van der Waals surface area contributed by atoms with Crippen LogP contribution in [0.2, 0.25) is 5.02 Å². The van der Waals surface area contributed by atoms with Gasteiger partial charge in [-0.25, -0.2) is 4.79 Å². The van der Waals surface area contributed by atoms with Crippen molar-refractivity contribution in [1.29, 1.82) is 0 Å². The predicted molar refractivity (Wildman–Crippen MR) is 129 cm³/mol. The van der Waals surface area contributed by atoms with Gasteiger partial charge in [0.05, 0.1) is 22.4 Å². The number of carbonyl (C=O) groups excluding carboxylic acids is 3. The van der Waals surface area contributed by atoms with E-state index in [9.17, 15) is 14.4 Å². The normalized spacial score (nSPS) is 10.4. The van der Waals surface area contributed by atoms with Crippen LogP contribution in [0.5, 0.6) is 5.75 Å². The van der Waals surface area contributed by atoms with Gasteiger partial charge >= 0.3 is 5.97 Å². The summed E-state index contributed by atoms with van der Waals surface area (Å²) in [5.41, 5.74) is 2.37. The molecule has 4 rings (SSSR count). The summed E-state index contributed by atoms with van der Waals surface area (Å²) in [4.78, 5) is 37.3. The quantitative estimate of drug-likeness (QED) is 0.265. The molecule has 0 atom stereocenters. The van der Waals surface area contributed by atoms with Crippen molar-refractivity contribution in [1.82, 2.24) is 0 Å². The summed E-state index contributed by atoms with van der Waals surface area (Å²) in [7, 11) is 0. The van der Waals surface area contributed by atoms with Gasteiger partial charge in [-0.15, -0.1) is 0 Å². The van der Waals surface area contributed by atoms with Gasteiger partial charge in [0.2, 0.25) is 0 Å². The minimum atomic E-state index is -0.596. The number of halogens is 1. The molecule has 170 valence electrons. The molecule has 4 aromatic rings. The van der Waals surface area contributed by atoms with Crippen molar-refractivity contribution in [3.8, 4) is 5.75 Å². The molecule has 1 aromatic heterocycles. The topological polar surface area (TPSA) is 97.6 Å². The van der Waals surface area contributed by atoms with Crippen molar-refractivity contribution < 1.29 is 23.5 Å². The third-order valence-electron chi connectivity index (χ3n) is 4.91. The maximum absolute atomic E-state index is 12.6. The zero-order valence-corrected chi connectivity index (χ0v) is 18.8. The number of anilines is 2. The van der Waals surface area contributed by atoms with Crippen molar-refractivity contribution >= 4 is 40.8 Å². The van der Waals surface area contributed by atoms with Crippen LogP contribution >= 0.6 is 11.6 Å². The Morgan fingerprint density at radius 3 is 2.32 bits per heavy atom.